The molecule has 5 nitrogen and oxygen atoms in total. The summed E-state index contributed by atoms with van der Waals surface area (Å²) >= 11 is 0. The van der Waals surface area contributed by atoms with Gasteiger partial charge in [0.15, 0.2) is 0 Å². The predicted octanol–water partition coefficient (Wildman–Crippen LogP) is 3.94. The lowest BCUT2D eigenvalue weighted by molar-refractivity contribution is 0.0915. The van der Waals surface area contributed by atoms with Crippen molar-refractivity contribution in [1.82, 2.24) is 10.3 Å². The van der Waals surface area contributed by atoms with Crippen LogP contribution in [-0.4, -0.2) is 36.6 Å². The molecular weight excluding hydrogens is 383 g/mol. The lowest BCUT2D eigenvalue weighted by Gasteiger charge is -2.30. The van der Waals surface area contributed by atoms with E-state index >= 15 is 0 Å². The molecule has 1 aliphatic heterocycles. The summed E-state index contributed by atoms with van der Waals surface area (Å²) in [7, 11) is 0. The summed E-state index contributed by atoms with van der Waals surface area (Å²) in [4.78, 5) is 19.5. The number of halogens is 2. The highest BCUT2D eigenvalue weighted by Crippen LogP contribution is 2.26. The SMILES string of the molecule is Cl.Cl.NCC(NC(=O)c1ccc(N2CCCCCC2)nc1)C1CCCCC1. The molecule has 154 valence electrons. The summed E-state index contributed by atoms with van der Waals surface area (Å²) in [6, 6.07) is 3.97. The Labute approximate surface area is 175 Å². The summed E-state index contributed by atoms with van der Waals surface area (Å²) in [5.41, 5.74) is 6.56. The van der Waals surface area contributed by atoms with Crippen LogP contribution in [-0.2, 0) is 0 Å². The van der Waals surface area contributed by atoms with E-state index in [1.54, 1.807) is 6.20 Å². The summed E-state index contributed by atoms with van der Waals surface area (Å²) in [5.74, 6) is 1.46. The third kappa shape index (κ3) is 6.81. The van der Waals surface area contributed by atoms with Crippen molar-refractivity contribution in [2.24, 2.45) is 11.7 Å². The number of carbonyl (C=O) groups excluding carboxylic acids is 1. The zero-order valence-electron chi connectivity index (χ0n) is 16.1. The maximum atomic E-state index is 12.6. The monoisotopic (exact) mass is 416 g/mol. The van der Waals surface area contributed by atoms with E-state index in [1.165, 1.54) is 57.8 Å². The van der Waals surface area contributed by atoms with Crippen molar-refractivity contribution in [3.63, 3.8) is 0 Å². The fraction of sp³-hybridized carbons (Fsp3) is 0.700. The van der Waals surface area contributed by atoms with E-state index in [-0.39, 0.29) is 36.8 Å². The number of nitrogens with zero attached hydrogens (tertiary/aromatic N) is 2. The molecule has 0 aromatic carbocycles. The molecule has 0 bridgehead atoms. The fourth-order valence-corrected chi connectivity index (χ4v) is 4.16. The summed E-state index contributed by atoms with van der Waals surface area (Å²) in [5, 5.41) is 3.14. The van der Waals surface area contributed by atoms with Gasteiger partial charge in [-0.05, 0) is 43.7 Å². The van der Waals surface area contributed by atoms with Gasteiger partial charge in [-0.3, -0.25) is 4.79 Å². The normalized spacial score (nSPS) is 19.2. The molecule has 1 aromatic rings. The molecule has 1 aliphatic carbocycles. The van der Waals surface area contributed by atoms with E-state index in [0.717, 1.165) is 18.9 Å². The second-order valence-electron chi connectivity index (χ2n) is 7.52. The van der Waals surface area contributed by atoms with E-state index in [9.17, 15) is 4.79 Å². The van der Waals surface area contributed by atoms with Gasteiger partial charge in [0, 0.05) is 31.9 Å². The molecule has 1 aromatic heterocycles. The van der Waals surface area contributed by atoms with Gasteiger partial charge in [-0.15, -0.1) is 24.8 Å². The van der Waals surface area contributed by atoms with E-state index in [4.69, 9.17) is 5.73 Å². The molecule has 3 rings (SSSR count). The Balaban J connectivity index is 0.00000182. The molecule has 1 atom stereocenters. The van der Waals surface area contributed by atoms with E-state index in [1.807, 2.05) is 12.1 Å². The zero-order chi connectivity index (χ0) is 17.5. The number of rotatable bonds is 5. The van der Waals surface area contributed by atoms with Crippen LogP contribution in [0.4, 0.5) is 5.82 Å². The maximum Gasteiger partial charge on any atom is 0.253 e. The number of hydrogen-bond acceptors (Lipinski definition) is 4. The van der Waals surface area contributed by atoms with Crippen LogP contribution in [0.25, 0.3) is 0 Å². The smallest absolute Gasteiger partial charge is 0.253 e. The van der Waals surface area contributed by atoms with Crippen LogP contribution >= 0.6 is 24.8 Å². The zero-order valence-corrected chi connectivity index (χ0v) is 17.7. The number of carbonyl (C=O) groups is 1. The standard InChI is InChI=1S/C20H32N4O.2ClH/c21-14-18(16-8-4-3-5-9-16)23-20(25)17-10-11-19(22-15-17)24-12-6-1-2-7-13-24;;/h10-11,15-16,18H,1-9,12-14,21H2,(H,23,25);2*1H. The number of nitrogens with one attached hydrogen (secondary N) is 1. The molecule has 27 heavy (non-hydrogen) atoms. The van der Waals surface area contributed by atoms with Gasteiger partial charge >= 0.3 is 0 Å². The molecule has 2 heterocycles. The minimum Gasteiger partial charge on any atom is -0.357 e. The van der Waals surface area contributed by atoms with Gasteiger partial charge in [0.2, 0.25) is 0 Å². The van der Waals surface area contributed by atoms with E-state index in [2.05, 4.69) is 15.2 Å². The van der Waals surface area contributed by atoms with Crippen molar-refractivity contribution < 1.29 is 4.79 Å². The molecule has 1 saturated heterocycles. The van der Waals surface area contributed by atoms with Crippen molar-refractivity contribution in [2.75, 3.05) is 24.5 Å². The van der Waals surface area contributed by atoms with Crippen molar-refractivity contribution in [3.8, 4) is 0 Å². The van der Waals surface area contributed by atoms with Crippen molar-refractivity contribution in [1.29, 1.82) is 0 Å². The minimum absolute atomic E-state index is 0. The van der Waals surface area contributed by atoms with Crippen LogP contribution in [0.2, 0.25) is 0 Å². The van der Waals surface area contributed by atoms with Crippen molar-refractivity contribution in [3.05, 3.63) is 23.9 Å². The molecule has 2 fully saturated rings. The number of pyridine rings is 1. The fourth-order valence-electron chi connectivity index (χ4n) is 4.16. The number of hydrogen-bond donors (Lipinski definition) is 2. The van der Waals surface area contributed by atoms with E-state index in [0.29, 0.717) is 18.0 Å². The lowest BCUT2D eigenvalue weighted by Crippen LogP contribution is -2.45. The van der Waals surface area contributed by atoms with Gasteiger partial charge in [0.1, 0.15) is 5.82 Å². The Kier molecular flexibility index (Phi) is 11.0. The Morgan fingerprint density at radius 3 is 2.26 bits per heavy atom. The lowest BCUT2D eigenvalue weighted by atomic mass is 9.84. The largest absolute Gasteiger partial charge is 0.357 e. The first kappa shape index (κ1) is 24.0. The Hall–Kier alpha value is -1.04. The molecule has 1 amide bonds. The quantitative estimate of drug-likeness (QED) is 0.761. The highest BCUT2D eigenvalue weighted by atomic mass is 35.5. The third-order valence-electron chi connectivity index (χ3n) is 5.73. The highest BCUT2D eigenvalue weighted by Gasteiger charge is 2.24. The summed E-state index contributed by atoms with van der Waals surface area (Å²) < 4.78 is 0. The Morgan fingerprint density at radius 2 is 1.70 bits per heavy atom. The summed E-state index contributed by atoms with van der Waals surface area (Å²) in [6.45, 7) is 2.64. The van der Waals surface area contributed by atoms with Gasteiger partial charge < -0.3 is 16.0 Å². The number of anilines is 1. The Bertz CT molecular complexity index is 541. The molecule has 7 heteroatoms. The first-order valence-corrected chi connectivity index (χ1v) is 10.00. The minimum atomic E-state index is -0.0454. The van der Waals surface area contributed by atoms with Gasteiger partial charge in [0.05, 0.1) is 5.56 Å². The highest BCUT2D eigenvalue weighted by molar-refractivity contribution is 5.94. The number of nitrogens with two attached hydrogens (primary N) is 1. The second kappa shape index (κ2) is 12.4. The summed E-state index contributed by atoms with van der Waals surface area (Å²) in [6.07, 6.45) is 12.9. The average molecular weight is 417 g/mol. The van der Waals surface area contributed by atoms with Crippen LogP contribution < -0.4 is 16.0 Å². The molecule has 1 unspecified atom stereocenters. The van der Waals surface area contributed by atoms with Crippen LogP contribution in [0.5, 0.6) is 0 Å². The average Bonchev–Trinajstić information content (AvgIpc) is 2.96. The number of amides is 1. The number of aromatic nitrogens is 1. The second-order valence-corrected chi connectivity index (χ2v) is 7.52. The molecule has 1 saturated carbocycles. The molecule has 0 spiro atoms. The predicted molar refractivity (Wildman–Crippen MR) is 116 cm³/mol. The van der Waals surface area contributed by atoms with Crippen molar-refractivity contribution >= 4 is 36.5 Å². The first-order valence-electron chi connectivity index (χ1n) is 10.00. The van der Waals surface area contributed by atoms with Gasteiger partial charge in [-0.1, -0.05) is 32.1 Å². The maximum absolute atomic E-state index is 12.6. The molecule has 3 N–H and O–H groups in total. The van der Waals surface area contributed by atoms with E-state index < -0.39 is 0 Å². The topological polar surface area (TPSA) is 71.2 Å². The molecule has 2 aliphatic rings. The van der Waals surface area contributed by atoms with Crippen LogP contribution in [0.3, 0.4) is 0 Å². The van der Waals surface area contributed by atoms with Gasteiger partial charge in [-0.25, -0.2) is 4.98 Å². The van der Waals surface area contributed by atoms with Crippen LogP contribution in [0, 0.1) is 5.92 Å². The Morgan fingerprint density at radius 1 is 1.07 bits per heavy atom. The third-order valence-corrected chi connectivity index (χ3v) is 5.73. The first-order chi connectivity index (χ1) is 12.3. The van der Waals surface area contributed by atoms with Crippen molar-refractivity contribution in [2.45, 2.75) is 63.8 Å². The van der Waals surface area contributed by atoms with Gasteiger partial charge in [0.25, 0.3) is 5.91 Å². The van der Waals surface area contributed by atoms with Gasteiger partial charge in [-0.2, -0.15) is 0 Å². The van der Waals surface area contributed by atoms with Crippen LogP contribution in [0.15, 0.2) is 18.3 Å². The molecule has 0 radical (unpaired) electrons. The van der Waals surface area contributed by atoms with Crippen LogP contribution in [0.1, 0.15) is 68.1 Å². The molecular formula is C20H34Cl2N4O.